The van der Waals surface area contributed by atoms with E-state index in [4.69, 9.17) is 18.6 Å². The number of nitrogens with zero attached hydrogens (tertiary/aromatic N) is 1. The highest BCUT2D eigenvalue weighted by atomic mass is 16.5. The molecule has 0 atom stereocenters. The van der Waals surface area contributed by atoms with Gasteiger partial charge in [-0.2, -0.15) is 0 Å². The molecule has 0 bridgehead atoms. The third-order valence-corrected chi connectivity index (χ3v) is 3.16. The van der Waals surface area contributed by atoms with Gasteiger partial charge >= 0.3 is 5.97 Å². The number of aromatic nitrogens is 1. The van der Waals surface area contributed by atoms with Gasteiger partial charge in [0.1, 0.15) is 12.4 Å². The van der Waals surface area contributed by atoms with E-state index in [0.717, 1.165) is 0 Å². The molecule has 2 aromatic rings. The SMILES string of the molecule is COc1cccc(COC(=O)c2ncoc2C(C)C)c1OC. The first-order valence-electron chi connectivity index (χ1n) is 6.88. The van der Waals surface area contributed by atoms with Crippen LogP contribution >= 0.6 is 0 Å². The molecule has 22 heavy (non-hydrogen) atoms. The number of benzene rings is 1. The summed E-state index contributed by atoms with van der Waals surface area (Å²) in [5, 5.41) is 0. The first-order chi connectivity index (χ1) is 10.6. The van der Waals surface area contributed by atoms with Crippen molar-refractivity contribution in [2.45, 2.75) is 26.4 Å². The number of carbonyl (C=O) groups is 1. The number of para-hydroxylation sites is 1. The molecule has 1 aromatic carbocycles. The fourth-order valence-corrected chi connectivity index (χ4v) is 2.10. The zero-order valence-corrected chi connectivity index (χ0v) is 13.1. The number of carbonyl (C=O) groups excluding carboxylic acids is 1. The topological polar surface area (TPSA) is 70.8 Å². The van der Waals surface area contributed by atoms with Gasteiger partial charge in [-0.15, -0.1) is 0 Å². The van der Waals surface area contributed by atoms with Crippen LogP contribution in [0, 0.1) is 0 Å². The Morgan fingerprint density at radius 3 is 2.68 bits per heavy atom. The van der Waals surface area contributed by atoms with Crippen molar-refractivity contribution in [3.8, 4) is 11.5 Å². The summed E-state index contributed by atoms with van der Waals surface area (Å²) in [4.78, 5) is 16.1. The molecule has 0 spiro atoms. The van der Waals surface area contributed by atoms with Gasteiger partial charge in [0.15, 0.2) is 23.6 Å². The van der Waals surface area contributed by atoms with Gasteiger partial charge in [-0.1, -0.05) is 26.0 Å². The molecule has 0 radical (unpaired) electrons. The third-order valence-electron chi connectivity index (χ3n) is 3.16. The van der Waals surface area contributed by atoms with Crippen LogP contribution in [0.3, 0.4) is 0 Å². The Labute approximate surface area is 129 Å². The Morgan fingerprint density at radius 1 is 1.27 bits per heavy atom. The highest BCUT2D eigenvalue weighted by Crippen LogP contribution is 2.31. The van der Waals surface area contributed by atoms with E-state index in [1.54, 1.807) is 25.3 Å². The lowest BCUT2D eigenvalue weighted by Gasteiger charge is -2.12. The maximum atomic E-state index is 12.1. The van der Waals surface area contributed by atoms with E-state index < -0.39 is 5.97 Å². The van der Waals surface area contributed by atoms with Crippen LogP contribution in [0.15, 0.2) is 29.0 Å². The molecule has 6 heteroatoms. The predicted octanol–water partition coefficient (Wildman–Crippen LogP) is 3.17. The first kappa shape index (κ1) is 15.9. The summed E-state index contributed by atoms with van der Waals surface area (Å²) in [5.41, 5.74) is 0.918. The molecule has 0 aliphatic heterocycles. The fourth-order valence-electron chi connectivity index (χ4n) is 2.10. The van der Waals surface area contributed by atoms with Gasteiger partial charge in [0, 0.05) is 11.5 Å². The van der Waals surface area contributed by atoms with Crippen molar-refractivity contribution in [2.75, 3.05) is 14.2 Å². The summed E-state index contributed by atoms with van der Waals surface area (Å²) in [5.74, 6) is 1.17. The number of esters is 1. The molecule has 0 N–H and O–H groups in total. The molecule has 0 aliphatic rings. The maximum absolute atomic E-state index is 12.1. The van der Waals surface area contributed by atoms with Crippen LogP contribution in [0.25, 0.3) is 0 Å². The normalized spacial score (nSPS) is 10.6. The molecule has 0 amide bonds. The molecule has 0 unspecified atom stereocenters. The van der Waals surface area contributed by atoms with Gasteiger partial charge in [0.05, 0.1) is 14.2 Å². The minimum Gasteiger partial charge on any atom is -0.493 e. The van der Waals surface area contributed by atoms with Crippen LogP contribution in [-0.4, -0.2) is 25.2 Å². The number of rotatable bonds is 6. The predicted molar refractivity (Wildman–Crippen MR) is 79.3 cm³/mol. The van der Waals surface area contributed by atoms with Crippen molar-refractivity contribution in [3.05, 3.63) is 41.6 Å². The molecule has 0 saturated heterocycles. The van der Waals surface area contributed by atoms with E-state index in [-0.39, 0.29) is 18.2 Å². The number of oxazole rings is 1. The summed E-state index contributed by atoms with van der Waals surface area (Å²) in [7, 11) is 3.09. The Balaban J connectivity index is 2.13. The summed E-state index contributed by atoms with van der Waals surface area (Å²) in [6.07, 6.45) is 1.25. The lowest BCUT2D eigenvalue weighted by Crippen LogP contribution is -2.09. The fraction of sp³-hybridized carbons (Fsp3) is 0.375. The van der Waals surface area contributed by atoms with Crippen molar-refractivity contribution in [3.63, 3.8) is 0 Å². The molecule has 1 heterocycles. The van der Waals surface area contributed by atoms with Gasteiger partial charge in [-0.05, 0) is 6.07 Å². The summed E-state index contributed by atoms with van der Waals surface area (Å²) < 4.78 is 21.0. The van der Waals surface area contributed by atoms with Crippen LogP contribution in [0.1, 0.15) is 41.6 Å². The van der Waals surface area contributed by atoms with Crippen molar-refractivity contribution in [1.82, 2.24) is 4.98 Å². The van der Waals surface area contributed by atoms with Crippen LogP contribution in [0.4, 0.5) is 0 Å². The molecule has 2 rings (SSSR count). The quantitative estimate of drug-likeness (QED) is 0.763. The highest BCUT2D eigenvalue weighted by molar-refractivity contribution is 5.88. The minimum atomic E-state index is -0.526. The second-order valence-electron chi connectivity index (χ2n) is 4.95. The minimum absolute atomic E-state index is 0.0522. The van der Waals surface area contributed by atoms with Crippen molar-refractivity contribution < 1.29 is 23.4 Å². The zero-order chi connectivity index (χ0) is 16.1. The lowest BCUT2D eigenvalue weighted by molar-refractivity contribution is 0.0460. The Hall–Kier alpha value is -2.50. The van der Waals surface area contributed by atoms with Gasteiger partial charge in [0.25, 0.3) is 0 Å². The average Bonchev–Trinajstić information content (AvgIpc) is 3.01. The monoisotopic (exact) mass is 305 g/mol. The van der Waals surface area contributed by atoms with Crippen LogP contribution < -0.4 is 9.47 Å². The average molecular weight is 305 g/mol. The van der Waals surface area contributed by atoms with Crippen molar-refractivity contribution >= 4 is 5.97 Å². The molecule has 0 aliphatic carbocycles. The van der Waals surface area contributed by atoms with Gasteiger partial charge in [0.2, 0.25) is 0 Å². The van der Waals surface area contributed by atoms with Gasteiger partial charge in [-0.3, -0.25) is 0 Å². The number of hydrogen-bond donors (Lipinski definition) is 0. The van der Waals surface area contributed by atoms with E-state index in [2.05, 4.69) is 4.98 Å². The van der Waals surface area contributed by atoms with Crippen LogP contribution in [0.5, 0.6) is 11.5 Å². The molecule has 0 saturated carbocycles. The molecule has 1 aromatic heterocycles. The van der Waals surface area contributed by atoms with Crippen LogP contribution in [-0.2, 0) is 11.3 Å². The van der Waals surface area contributed by atoms with Crippen molar-refractivity contribution in [1.29, 1.82) is 0 Å². The second kappa shape index (κ2) is 6.98. The molecule has 6 nitrogen and oxygen atoms in total. The second-order valence-corrected chi connectivity index (χ2v) is 4.95. The standard InChI is InChI=1S/C16H19NO5/c1-10(2)14-13(17-9-22-14)16(18)21-8-11-6-5-7-12(19-3)15(11)20-4/h5-7,9-10H,8H2,1-4H3. The maximum Gasteiger partial charge on any atom is 0.360 e. The molecule has 118 valence electrons. The van der Waals surface area contributed by atoms with E-state index in [0.29, 0.717) is 22.8 Å². The van der Waals surface area contributed by atoms with E-state index in [9.17, 15) is 4.79 Å². The Bertz CT molecular complexity index is 648. The van der Waals surface area contributed by atoms with E-state index >= 15 is 0 Å². The van der Waals surface area contributed by atoms with Gasteiger partial charge in [-0.25, -0.2) is 9.78 Å². The number of hydrogen-bond acceptors (Lipinski definition) is 6. The Kier molecular flexibility index (Phi) is 5.04. The Morgan fingerprint density at radius 2 is 2.05 bits per heavy atom. The van der Waals surface area contributed by atoms with Gasteiger partial charge < -0.3 is 18.6 Å². The van der Waals surface area contributed by atoms with Crippen LogP contribution in [0.2, 0.25) is 0 Å². The summed E-state index contributed by atoms with van der Waals surface area (Å²) in [6, 6.07) is 5.39. The molecular formula is C16H19NO5. The largest absolute Gasteiger partial charge is 0.493 e. The van der Waals surface area contributed by atoms with Crippen molar-refractivity contribution in [2.24, 2.45) is 0 Å². The number of methoxy groups -OCH3 is 2. The smallest absolute Gasteiger partial charge is 0.360 e. The molecule has 0 fully saturated rings. The summed E-state index contributed by atoms with van der Waals surface area (Å²) in [6.45, 7) is 3.90. The zero-order valence-electron chi connectivity index (χ0n) is 13.1. The lowest BCUT2D eigenvalue weighted by atomic mass is 10.1. The van der Waals surface area contributed by atoms with E-state index in [1.807, 2.05) is 13.8 Å². The van der Waals surface area contributed by atoms with E-state index in [1.165, 1.54) is 13.5 Å². The highest BCUT2D eigenvalue weighted by Gasteiger charge is 2.21. The first-order valence-corrected chi connectivity index (χ1v) is 6.88. The summed E-state index contributed by atoms with van der Waals surface area (Å²) >= 11 is 0. The number of ether oxygens (including phenoxy) is 3. The third kappa shape index (κ3) is 3.21. The molecular weight excluding hydrogens is 286 g/mol.